The van der Waals surface area contributed by atoms with Crippen molar-refractivity contribution in [2.45, 2.75) is 37.8 Å². The molecule has 1 aliphatic rings. The van der Waals surface area contributed by atoms with E-state index in [1.165, 1.54) is 12.1 Å². The van der Waals surface area contributed by atoms with Crippen molar-refractivity contribution in [3.05, 3.63) is 35.6 Å². The molecule has 0 aromatic heterocycles. The average Bonchev–Trinajstić information content (AvgIpc) is 2.45. The summed E-state index contributed by atoms with van der Waals surface area (Å²) in [7, 11) is 0. The van der Waals surface area contributed by atoms with Crippen LogP contribution in [0.15, 0.2) is 24.3 Å². The molecule has 1 fully saturated rings. The molecule has 1 saturated heterocycles. The zero-order chi connectivity index (χ0) is 14.6. The number of halogens is 2. The minimum Gasteiger partial charge on any atom is -0.386 e. The summed E-state index contributed by atoms with van der Waals surface area (Å²) in [4.78, 5) is 12.2. The van der Waals surface area contributed by atoms with Gasteiger partial charge in [0.15, 0.2) is 0 Å². The van der Waals surface area contributed by atoms with Gasteiger partial charge in [0.2, 0.25) is 5.91 Å². The number of hydrogen-bond acceptors (Lipinski definition) is 3. The maximum Gasteiger partial charge on any atom is 0.240 e. The quantitative estimate of drug-likeness (QED) is 0.795. The summed E-state index contributed by atoms with van der Waals surface area (Å²) < 4.78 is 13.5. The van der Waals surface area contributed by atoms with Gasteiger partial charge < -0.3 is 15.7 Å². The van der Waals surface area contributed by atoms with Crippen molar-refractivity contribution in [1.29, 1.82) is 0 Å². The van der Waals surface area contributed by atoms with Crippen LogP contribution in [0.2, 0.25) is 0 Å². The van der Waals surface area contributed by atoms with Gasteiger partial charge in [0.1, 0.15) is 5.82 Å². The first kappa shape index (κ1) is 17.9. The van der Waals surface area contributed by atoms with Gasteiger partial charge in [-0.15, -0.1) is 12.4 Å². The van der Waals surface area contributed by atoms with Crippen LogP contribution in [-0.2, 0) is 4.79 Å². The Balaban J connectivity index is 0.00000220. The molecule has 1 amide bonds. The number of hydrogen-bond donors (Lipinski definition) is 3. The lowest BCUT2D eigenvalue weighted by Gasteiger charge is -2.33. The van der Waals surface area contributed by atoms with Crippen molar-refractivity contribution in [2.75, 3.05) is 13.1 Å². The van der Waals surface area contributed by atoms with Gasteiger partial charge in [-0.3, -0.25) is 4.79 Å². The summed E-state index contributed by atoms with van der Waals surface area (Å²) in [6.45, 7) is 2.69. The first-order valence-corrected chi connectivity index (χ1v) is 6.99. The van der Waals surface area contributed by atoms with Gasteiger partial charge in [-0.2, -0.15) is 0 Å². The summed E-state index contributed by atoms with van der Waals surface area (Å²) in [5.41, 5.74) is -0.387. The molecule has 2 unspecified atom stereocenters. The molecule has 4 nitrogen and oxygen atoms in total. The van der Waals surface area contributed by atoms with Gasteiger partial charge in [0.25, 0.3) is 0 Å². The largest absolute Gasteiger partial charge is 0.386 e. The molecule has 1 aromatic carbocycles. The molecule has 3 N–H and O–H groups in total. The molecule has 21 heavy (non-hydrogen) atoms. The molecule has 0 spiro atoms. The van der Waals surface area contributed by atoms with Crippen molar-refractivity contribution in [2.24, 2.45) is 0 Å². The first-order chi connectivity index (χ1) is 9.53. The molecule has 6 heteroatoms. The van der Waals surface area contributed by atoms with Gasteiger partial charge in [-0.25, -0.2) is 4.39 Å². The highest BCUT2D eigenvalue weighted by Gasteiger charge is 2.34. The molecular formula is C15H22ClFN2O2. The van der Waals surface area contributed by atoms with Crippen LogP contribution in [0.4, 0.5) is 4.39 Å². The van der Waals surface area contributed by atoms with Crippen LogP contribution in [0.5, 0.6) is 0 Å². The van der Waals surface area contributed by atoms with Crippen LogP contribution in [0.25, 0.3) is 0 Å². The fourth-order valence-electron chi connectivity index (χ4n) is 2.49. The molecule has 2 rings (SSSR count). The lowest BCUT2D eigenvalue weighted by Crippen LogP contribution is -2.57. The van der Waals surface area contributed by atoms with E-state index in [4.69, 9.17) is 0 Å². The van der Waals surface area contributed by atoms with E-state index < -0.39 is 17.5 Å². The maximum atomic E-state index is 13.5. The van der Waals surface area contributed by atoms with Gasteiger partial charge in [-0.1, -0.05) is 18.2 Å². The van der Waals surface area contributed by atoms with E-state index in [0.717, 1.165) is 25.8 Å². The van der Waals surface area contributed by atoms with Crippen molar-refractivity contribution in [3.8, 4) is 0 Å². The van der Waals surface area contributed by atoms with Gasteiger partial charge in [-0.05, 0) is 38.8 Å². The lowest BCUT2D eigenvalue weighted by molar-refractivity contribution is -0.128. The molecule has 118 valence electrons. The van der Waals surface area contributed by atoms with Crippen LogP contribution >= 0.6 is 12.4 Å². The summed E-state index contributed by atoms with van der Waals surface area (Å²) in [5, 5.41) is 15.9. The minimum atomic E-state index is -1.03. The summed E-state index contributed by atoms with van der Waals surface area (Å²) in [6, 6.07) is 6.04. The smallest absolute Gasteiger partial charge is 0.240 e. The Kier molecular flexibility index (Phi) is 6.58. The average molecular weight is 317 g/mol. The molecule has 1 heterocycles. The summed E-state index contributed by atoms with van der Waals surface area (Å²) >= 11 is 0. The molecule has 0 bridgehead atoms. The van der Waals surface area contributed by atoms with Gasteiger partial charge in [0, 0.05) is 12.1 Å². The van der Waals surface area contributed by atoms with Crippen LogP contribution in [-0.4, -0.2) is 29.6 Å². The van der Waals surface area contributed by atoms with E-state index in [1.54, 1.807) is 12.1 Å². The van der Waals surface area contributed by atoms with Crippen molar-refractivity contribution in [1.82, 2.24) is 10.6 Å². The Hall–Kier alpha value is -1.17. The first-order valence-electron chi connectivity index (χ1n) is 6.99. The Morgan fingerprint density at radius 1 is 1.48 bits per heavy atom. The Morgan fingerprint density at radius 3 is 2.81 bits per heavy atom. The van der Waals surface area contributed by atoms with E-state index in [9.17, 15) is 14.3 Å². The number of carbonyl (C=O) groups is 1. The number of benzene rings is 1. The maximum absolute atomic E-state index is 13.5. The number of aliphatic hydroxyl groups is 1. The normalized spacial score (nSPS) is 23.0. The third-order valence-corrected chi connectivity index (χ3v) is 3.84. The third-order valence-electron chi connectivity index (χ3n) is 3.84. The minimum absolute atomic E-state index is 0. The number of nitrogens with one attached hydrogen (secondary N) is 2. The predicted molar refractivity (Wildman–Crippen MR) is 81.9 cm³/mol. The summed E-state index contributed by atoms with van der Waals surface area (Å²) in [5.74, 6) is -0.608. The van der Waals surface area contributed by atoms with E-state index in [0.29, 0.717) is 0 Å². The number of amides is 1. The van der Waals surface area contributed by atoms with Crippen molar-refractivity contribution >= 4 is 18.3 Å². The highest BCUT2D eigenvalue weighted by atomic mass is 35.5. The second-order valence-electron chi connectivity index (χ2n) is 5.46. The zero-order valence-corrected chi connectivity index (χ0v) is 12.9. The molecular weight excluding hydrogens is 295 g/mol. The van der Waals surface area contributed by atoms with Crippen molar-refractivity contribution < 1.29 is 14.3 Å². The van der Waals surface area contributed by atoms with Crippen molar-refractivity contribution in [3.63, 3.8) is 0 Å². The lowest BCUT2D eigenvalue weighted by atomic mass is 9.90. The van der Waals surface area contributed by atoms with E-state index in [1.807, 2.05) is 6.92 Å². The highest BCUT2D eigenvalue weighted by Crippen LogP contribution is 2.20. The molecule has 0 radical (unpaired) electrons. The van der Waals surface area contributed by atoms with Crippen LogP contribution in [0.3, 0.4) is 0 Å². The molecule has 0 saturated carbocycles. The van der Waals surface area contributed by atoms with Crippen LogP contribution < -0.4 is 10.6 Å². The van der Waals surface area contributed by atoms with E-state index in [2.05, 4.69) is 10.6 Å². The predicted octanol–water partition coefficient (Wildman–Crippen LogP) is 1.93. The monoisotopic (exact) mass is 316 g/mol. The van der Waals surface area contributed by atoms with Crippen LogP contribution in [0, 0.1) is 5.82 Å². The molecule has 0 aliphatic carbocycles. The molecule has 1 aliphatic heterocycles. The second kappa shape index (κ2) is 7.73. The van der Waals surface area contributed by atoms with Gasteiger partial charge >= 0.3 is 0 Å². The summed E-state index contributed by atoms with van der Waals surface area (Å²) in [6.07, 6.45) is 1.81. The number of piperidine rings is 1. The molecule has 2 atom stereocenters. The second-order valence-corrected chi connectivity index (χ2v) is 5.46. The Labute approximate surface area is 130 Å². The highest BCUT2D eigenvalue weighted by molar-refractivity contribution is 5.86. The topological polar surface area (TPSA) is 61.4 Å². The zero-order valence-electron chi connectivity index (χ0n) is 12.1. The van der Waals surface area contributed by atoms with E-state index >= 15 is 0 Å². The Morgan fingerprint density at radius 2 is 2.19 bits per heavy atom. The number of rotatable bonds is 4. The molecule has 1 aromatic rings. The number of aliphatic hydroxyl groups excluding tert-OH is 1. The third kappa shape index (κ3) is 4.40. The number of carbonyl (C=O) groups excluding carboxylic acids is 1. The standard InChI is InChI=1S/C15H21FN2O2.ClH/c1-15(8-4-5-9-18-15)14(20)17-10-13(19)11-6-2-3-7-12(11)16;/h2-3,6-7,13,18-19H,4-5,8-10H2,1H3,(H,17,20);1H. The Bertz CT molecular complexity index is 478. The van der Waals surface area contributed by atoms with E-state index in [-0.39, 0.29) is 30.4 Å². The fraction of sp³-hybridized carbons (Fsp3) is 0.533. The SMILES string of the molecule is CC1(C(=O)NCC(O)c2ccccc2F)CCCCN1.Cl. The van der Waals surface area contributed by atoms with Crippen LogP contribution in [0.1, 0.15) is 37.9 Å². The van der Waals surface area contributed by atoms with Gasteiger partial charge in [0.05, 0.1) is 11.6 Å². The fourth-order valence-corrected chi connectivity index (χ4v) is 2.49.